The molecule has 19 heavy (non-hydrogen) atoms. The van der Waals surface area contributed by atoms with Gasteiger partial charge in [-0.05, 0) is 30.5 Å². The molecular weight excluding hydrogens is 283 g/mol. The summed E-state index contributed by atoms with van der Waals surface area (Å²) in [6.45, 7) is 0. The normalized spacial score (nSPS) is 20.2. The number of ether oxygens (including phenoxy) is 1. The number of benzene rings is 1. The first-order valence-corrected chi connectivity index (χ1v) is 7.50. The Hall–Kier alpha value is -0.280. The van der Waals surface area contributed by atoms with E-state index in [0.717, 1.165) is 31.2 Å². The SMILES string of the molecule is COC1(C(O)Cc2ccc(Cl)cc2Cl)CCCCC1. The van der Waals surface area contributed by atoms with Crippen LogP contribution in [0.5, 0.6) is 0 Å². The number of hydrogen-bond donors (Lipinski definition) is 1. The van der Waals surface area contributed by atoms with Gasteiger partial charge in [0.25, 0.3) is 0 Å². The van der Waals surface area contributed by atoms with Crippen molar-refractivity contribution in [3.8, 4) is 0 Å². The lowest BCUT2D eigenvalue weighted by Crippen LogP contribution is -2.46. The monoisotopic (exact) mass is 302 g/mol. The molecule has 0 spiro atoms. The smallest absolute Gasteiger partial charge is 0.0939 e. The molecule has 2 nitrogen and oxygen atoms in total. The van der Waals surface area contributed by atoms with Gasteiger partial charge in [0.15, 0.2) is 0 Å². The topological polar surface area (TPSA) is 29.5 Å². The van der Waals surface area contributed by atoms with Crippen LogP contribution in [0.3, 0.4) is 0 Å². The van der Waals surface area contributed by atoms with Crippen molar-refractivity contribution in [1.29, 1.82) is 0 Å². The van der Waals surface area contributed by atoms with E-state index in [9.17, 15) is 5.11 Å². The van der Waals surface area contributed by atoms with Gasteiger partial charge in [0.05, 0.1) is 11.7 Å². The van der Waals surface area contributed by atoms with E-state index < -0.39 is 11.7 Å². The summed E-state index contributed by atoms with van der Waals surface area (Å²) < 4.78 is 5.66. The van der Waals surface area contributed by atoms with Crippen molar-refractivity contribution in [2.45, 2.75) is 50.2 Å². The Kier molecular flexibility index (Phi) is 5.13. The van der Waals surface area contributed by atoms with Crippen molar-refractivity contribution < 1.29 is 9.84 Å². The van der Waals surface area contributed by atoms with Gasteiger partial charge in [0.2, 0.25) is 0 Å². The Morgan fingerprint density at radius 2 is 1.95 bits per heavy atom. The van der Waals surface area contributed by atoms with Gasteiger partial charge in [-0.25, -0.2) is 0 Å². The van der Waals surface area contributed by atoms with Crippen LogP contribution in [-0.2, 0) is 11.2 Å². The Balaban J connectivity index is 2.12. The first-order valence-electron chi connectivity index (χ1n) is 6.74. The molecule has 1 N–H and O–H groups in total. The lowest BCUT2D eigenvalue weighted by Gasteiger charge is -2.40. The summed E-state index contributed by atoms with van der Waals surface area (Å²) in [7, 11) is 1.69. The quantitative estimate of drug-likeness (QED) is 0.901. The second-order valence-electron chi connectivity index (χ2n) is 5.29. The van der Waals surface area contributed by atoms with Gasteiger partial charge in [-0.2, -0.15) is 0 Å². The molecule has 0 heterocycles. The minimum Gasteiger partial charge on any atom is -0.390 e. The Morgan fingerprint density at radius 1 is 1.26 bits per heavy atom. The second-order valence-corrected chi connectivity index (χ2v) is 6.13. The number of aliphatic hydroxyl groups excluding tert-OH is 1. The molecule has 1 aliphatic carbocycles. The molecule has 4 heteroatoms. The average molecular weight is 303 g/mol. The van der Waals surface area contributed by atoms with Gasteiger partial charge >= 0.3 is 0 Å². The molecule has 1 atom stereocenters. The van der Waals surface area contributed by atoms with Crippen molar-refractivity contribution in [2.75, 3.05) is 7.11 Å². The minimum absolute atomic E-state index is 0.415. The van der Waals surface area contributed by atoms with Gasteiger partial charge in [-0.1, -0.05) is 48.5 Å². The third-order valence-corrected chi connectivity index (χ3v) is 4.73. The molecule has 0 aromatic heterocycles. The molecule has 1 aromatic rings. The average Bonchev–Trinajstić information content (AvgIpc) is 2.42. The zero-order valence-electron chi connectivity index (χ0n) is 11.2. The Labute approximate surface area is 124 Å². The molecule has 0 bridgehead atoms. The highest BCUT2D eigenvalue weighted by Crippen LogP contribution is 2.36. The predicted molar refractivity (Wildman–Crippen MR) is 79.0 cm³/mol. The highest BCUT2D eigenvalue weighted by Gasteiger charge is 2.39. The summed E-state index contributed by atoms with van der Waals surface area (Å²) in [6, 6.07) is 5.39. The lowest BCUT2D eigenvalue weighted by molar-refractivity contribution is -0.122. The number of aliphatic hydroxyl groups is 1. The maximum Gasteiger partial charge on any atom is 0.0939 e. The maximum absolute atomic E-state index is 10.6. The summed E-state index contributed by atoms with van der Waals surface area (Å²) in [4.78, 5) is 0. The number of hydrogen-bond acceptors (Lipinski definition) is 2. The molecule has 1 unspecified atom stereocenters. The van der Waals surface area contributed by atoms with Crippen molar-refractivity contribution >= 4 is 23.2 Å². The van der Waals surface area contributed by atoms with Crippen LogP contribution in [-0.4, -0.2) is 23.9 Å². The van der Waals surface area contributed by atoms with E-state index in [0.29, 0.717) is 16.5 Å². The van der Waals surface area contributed by atoms with Gasteiger partial charge < -0.3 is 9.84 Å². The molecule has 0 amide bonds. The van der Waals surface area contributed by atoms with Gasteiger partial charge in [0.1, 0.15) is 0 Å². The highest BCUT2D eigenvalue weighted by molar-refractivity contribution is 6.35. The number of halogens is 2. The van der Waals surface area contributed by atoms with Crippen molar-refractivity contribution in [3.63, 3.8) is 0 Å². The van der Waals surface area contributed by atoms with Crippen molar-refractivity contribution in [3.05, 3.63) is 33.8 Å². The summed E-state index contributed by atoms with van der Waals surface area (Å²) in [5.74, 6) is 0. The fourth-order valence-corrected chi connectivity index (χ4v) is 3.39. The van der Waals surface area contributed by atoms with Crippen molar-refractivity contribution in [2.24, 2.45) is 0 Å². The molecule has 106 valence electrons. The summed E-state index contributed by atoms with van der Waals surface area (Å²) in [6.07, 6.45) is 5.24. The minimum atomic E-state index is -0.531. The number of rotatable bonds is 4. The second kappa shape index (κ2) is 6.45. The third-order valence-electron chi connectivity index (χ3n) is 4.14. The Morgan fingerprint density at radius 3 is 2.53 bits per heavy atom. The van der Waals surface area contributed by atoms with Crippen molar-refractivity contribution in [1.82, 2.24) is 0 Å². The van der Waals surface area contributed by atoms with Crippen LogP contribution in [0.15, 0.2) is 18.2 Å². The third kappa shape index (κ3) is 3.43. The zero-order chi connectivity index (χ0) is 13.9. The van der Waals surface area contributed by atoms with E-state index in [-0.39, 0.29) is 0 Å². The van der Waals surface area contributed by atoms with Crippen LogP contribution in [0.1, 0.15) is 37.7 Å². The van der Waals surface area contributed by atoms with Crippen LogP contribution in [0.4, 0.5) is 0 Å². The van der Waals surface area contributed by atoms with Crippen LogP contribution >= 0.6 is 23.2 Å². The van der Waals surface area contributed by atoms with Crippen LogP contribution in [0.25, 0.3) is 0 Å². The molecule has 1 aliphatic rings. The molecule has 0 aliphatic heterocycles. The van der Waals surface area contributed by atoms with Crippen LogP contribution in [0.2, 0.25) is 10.0 Å². The van der Waals surface area contributed by atoms with E-state index in [4.69, 9.17) is 27.9 Å². The van der Waals surface area contributed by atoms with Crippen LogP contribution < -0.4 is 0 Å². The van der Waals surface area contributed by atoms with E-state index in [1.54, 1.807) is 19.2 Å². The van der Waals surface area contributed by atoms with E-state index in [1.165, 1.54) is 6.42 Å². The molecular formula is C15H20Cl2O2. The molecule has 0 radical (unpaired) electrons. The first-order chi connectivity index (χ1) is 9.07. The number of methoxy groups -OCH3 is 1. The molecule has 1 saturated carbocycles. The van der Waals surface area contributed by atoms with E-state index in [2.05, 4.69) is 0 Å². The fourth-order valence-electron chi connectivity index (χ4n) is 2.91. The standard InChI is InChI=1S/C15H20Cl2O2/c1-19-15(7-3-2-4-8-15)14(18)9-11-5-6-12(16)10-13(11)17/h5-6,10,14,18H,2-4,7-9H2,1H3. The van der Waals surface area contributed by atoms with Gasteiger partial charge in [-0.3, -0.25) is 0 Å². The largest absolute Gasteiger partial charge is 0.390 e. The molecule has 0 saturated heterocycles. The molecule has 1 aromatic carbocycles. The maximum atomic E-state index is 10.6. The predicted octanol–water partition coefficient (Wildman–Crippen LogP) is 4.25. The fraction of sp³-hybridized carbons (Fsp3) is 0.600. The Bertz CT molecular complexity index is 428. The molecule has 1 fully saturated rings. The van der Waals surface area contributed by atoms with Gasteiger partial charge in [0, 0.05) is 23.6 Å². The summed E-state index contributed by atoms with van der Waals surface area (Å²) in [5, 5.41) is 11.8. The van der Waals surface area contributed by atoms with E-state index in [1.807, 2.05) is 6.07 Å². The summed E-state index contributed by atoms with van der Waals surface area (Å²) in [5.41, 5.74) is 0.502. The van der Waals surface area contributed by atoms with Crippen LogP contribution in [0, 0.1) is 0 Å². The lowest BCUT2D eigenvalue weighted by atomic mass is 9.78. The zero-order valence-corrected chi connectivity index (χ0v) is 12.7. The summed E-state index contributed by atoms with van der Waals surface area (Å²) >= 11 is 12.0. The van der Waals surface area contributed by atoms with E-state index >= 15 is 0 Å². The molecule has 2 rings (SSSR count). The highest BCUT2D eigenvalue weighted by atomic mass is 35.5. The first kappa shape index (κ1) is 15.1. The van der Waals surface area contributed by atoms with Gasteiger partial charge in [-0.15, -0.1) is 0 Å².